The van der Waals surface area contributed by atoms with Gasteiger partial charge in [0.1, 0.15) is 11.6 Å². The van der Waals surface area contributed by atoms with Crippen molar-refractivity contribution in [2.75, 3.05) is 32.1 Å². The van der Waals surface area contributed by atoms with E-state index in [0.29, 0.717) is 24.0 Å². The van der Waals surface area contributed by atoms with Gasteiger partial charge < -0.3 is 15.8 Å². The monoisotopic (exact) mass is 293 g/mol. The average Bonchev–Trinajstić information content (AvgIpc) is 2.89. The highest BCUT2D eigenvalue weighted by Gasteiger charge is 2.47. The smallest absolute Gasteiger partial charge is 0.146 e. The van der Waals surface area contributed by atoms with Crippen molar-refractivity contribution in [3.05, 3.63) is 24.0 Å². The number of hydrogen-bond acceptors (Lipinski definition) is 4. The molecule has 4 nitrogen and oxygen atoms in total. The molecule has 0 aliphatic carbocycles. The van der Waals surface area contributed by atoms with Crippen LogP contribution in [0.1, 0.15) is 25.7 Å². The molecule has 1 aromatic rings. The highest BCUT2D eigenvalue weighted by atomic mass is 19.1. The Balaban J connectivity index is 1.87. The third-order valence-electron chi connectivity index (χ3n) is 5.02. The molecule has 3 rings (SSSR count). The van der Waals surface area contributed by atoms with E-state index < -0.39 is 0 Å². The second-order valence-electron chi connectivity index (χ2n) is 6.13. The summed E-state index contributed by atoms with van der Waals surface area (Å²) in [5.41, 5.74) is 6.37. The minimum absolute atomic E-state index is 0.229. The predicted octanol–water partition coefficient (Wildman–Crippen LogP) is 2.20. The van der Waals surface area contributed by atoms with Crippen LogP contribution in [0.3, 0.4) is 0 Å². The van der Waals surface area contributed by atoms with Gasteiger partial charge in [-0.1, -0.05) is 6.42 Å². The molecule has 0 bridgehead atoms. The van der Waals surface area contributed by atoms with Gasteiger partial charge in [-0.2, -0.15) is 0 Å². The summed E-state index contributed by atoms with van der Waals surface area (Å²) in [5.74, 6) is 0.405. The van der Waals surface area contributed by atoms with E-state index in [0.717, 1.165) is 25.9 Å². The molecule has 21 heavy (non-hydrogen) atoms. The van der Waals surface area contributed by atoms with Gasteiger partial charge in [-0.05, 0) is 37.9 Å². The topological polar surface area (TPSA) is 50.5 Å². The van der Waals surface area contributed by atoms with E-state index in [9.17, 15) is 4.39 Å². The number of anilines is 1. The summed E-state index contributed by atoms with van der Waals surface area (Å²) in [5, 5.41) is 3.42. The van der Waals surface area contributed by atoms with E-state index in [1.54, 1.807) is 19.2 Å². The van der Waals surface area contributed by atoms with Crippen molar-refractivity contribution in [1.82, 2.24) is 4.90 Å². The van der Waals surface area contributed by atoms with Crippen molar-refractivity contribution in [2.24, 2.45) is 5.73 Å². The summed E-state index contributed by atoms with van der Waals surface area (Å²) in [6.45, 7) is 2.69. The Morgan fingerprint density at radius 3 is 3.05 bits per heavy atom. The van der Waals surface area contributed by atoms with E-state index in [2.05, 4.69) is 10.2 Å². The number of benzene rings is 1. The van der Waals surface area contributed by atoms with E-state index in [-0.39, 0.29) is 11.4 Å². The number of ether oxygens (including phenoxy) is 1. The van der Waals surface area contributed by atoms with Crippen LogP contribution in [0.15, 0.2) is 18.2 Å². The van der Waals surface area contributed by atoms with Crippen LogP contribution < -0.4 is 15.8 Å². The Morgan fingerprint density at radius 2 is 2.29 bits per heavy atom. The van der Waals surface area contributed by atoms with Crippen LogP contribution in [0.25, 0.3) is 0 Å². The quantitative estimate of drug-likeness (QED) is 0.893. The van der Waals surface area contributed by atoms with Crippen LogP contribution in [0.2, 0.25) is 0 Å². The summed E-state index contributed by atoms with van der Waals surface area (Å²) in [6, 6.07) is 5.20. The lowest BCUT2D eigenvalue weighted by atomic mass is 9.85. The highest BCUT2D eigenvalue weighted by Crippen LogP contribution is 2.38. The van der Waals surface area contributed by atoms with E-state index in [1.807, 2.05) is 0 Å². The molecular weight excluding hydrogens is 269 g/mol. The number of hydrogen-bond donors (Lipinski definition) is 2. The molecule has 0 radical (unpaired) electrons. The lowest BCUT2D eigenvalue weighted by molar-refractivity contribution is 0.167. The maximum absolute atomic E-state index is 14.1. The van der Waals surface area contributed by atoms with Crippen molar-refractivity contribution in [1.29, 1.82) is 0 Å². The molecule has 1 aromatic carbocycles. The average molecular weight is 293 g/mol. The first-order chi connectivity index (χ1) is 10.2. The summed E-state index contributed by atoms with van der Waals surface area (Å²) < 4.78 is 19.3. The van der Waals surface area contributed by atoms with Gasteiger partial charge >= 0.3 is 0 Å². The molecular formula is C16H24FN3O. The standard InChI is InChI=1S/C16H24FN3O/c1-21-12-5-6-13(17)14(10-12)19-16(11-18)7-9-20-8-3-2-4-15(16)20/h5-6,10,15,19H,2-4,7-9,11,18H2,1H3. The summed E-state index contributed by atoms with van der Waals surface area (Å²) >= 11 is 0. The van der Waals surface area contributed by atoms with Crippen LogP contribution in [0.5, 0.6) is 5.75 Å². The van der Waals surface area contributed by atoms with Crippen LogP contribution in [-0.4, -0.2) is 43.2 Å². The Bertz CT molecular complexity index is 510. The molecule has 2 heterocycles. The van der Waals surface area contributed by atoms with Gasteiger partial charge in [0.2, 0.25) is 0 Å². The SMILES string of the molecule is COc1ccc(F)c(NC2(CN)CCN3CCCCC32)c1. The van der Waals surface area contributed by atoms with Gasteiger partial charge in [-0.15, -0.1) is 0 Å². The molecule has 2 atom stereocenters. The number of rotatable bonds is 4. The van der Waals surface area contributed by atoms with Crippen LogP contribution >= 0.6 is 0 Å². The molecule has 2 aliphatic heterocycles. The third-order valence-corrected chi connectivity index (χ3v) is 5.02. The van der Waals surface area contributed by atoms with Crippen molar-refractivity contribution in [3.8, 4) is 5.75 Å². The predicted molar refractivity (Wildman–Crippen MR) is 82.2 cm³/mol. The minimum Gasteiger partial charge on any atom is -0.497 e. The number of piperidine rings is 1. The van der Waals surface area contributed by atoms with Gasteiger partial charge in [0.05, 0.1) is 18.3 Å². The summed E-state index contributed by atoms with van der Waals surface area (Å²) in [6.07, 6.45) is 4.58. The summed E-state index contributed by atoms with van der Waals surface area (Å²) in [7, 11) is 1.59. The normalized spacial score (nSPS) is 29.2. The van der Waals surface area contributed by atoms with Gasteiger partial charge in [0.25, 0.3) is 0 Å². The van der Waals surface area contributed by atoms with Gasteiger partial charge in [-0.25, -0.2) is 4.39 Å². The van der Waals surface area contributed by atoms with Crippen LogP contribution in [-0.2, 0) is 0 Å². The van der Waals surface area contributed by atoms with Crippen molar-refractivity contribution in [2.45, 2.75) is 37.3 Å². The van der Waals surface area contributed by atoms with Gasteiger partial charge in [-0.3, -0.25) is 4.90 Å². The summed E-state index contributed by atoms with van der Waals surface area (Å²) in [4.78, 5) is 2.50. The maximum Gasteiger partial charge on any atom is 0.146 e. The molecule has 0 saturated carbocycles. The van der Waals surface area contributed by atoms with E-state index in [1.165, 1.54) is 18.9 Å². The molecule has 0 amide bonds. The van der Waals surface area contributed by atoms with E-state index >= 15 is 0 Å². The fourth-order valence-electron chi connectivity index (χ4n) is 3.82. The molecule has 0 aromatic heterocycles. The molecule has 116 valence electrons. The second-order valence-corrected chi connectivity index (χ2v) is 6.13. The maximum atomic E-state index is 14.1. The third kappa shape index (κ3) is 2.60. The number of nitrogens with two attached hydrogens (primary N) is 1. The van der Waals surface area contributed by atoms with Crippen molar-refractivity contribution in [3.63, 3.8) is 0 Å². The van der Waals surface area contributed by atoms with Gasteiger partial charge in [0, 0.05) is 25.2 Å². The minimum atomic E-state index is -0.252. The van der Waals surface area contributed by atoms with Crippen LogP contribution in [0, 0.1) is 5.82 Å². The molecule has 2 aliphatic rings. The Labute approximate surface area is 125 Å². The first kappa shape index (κ1) is 14.6. The largest absolute Gasteiger partial charge is 0.497 e. The van der Waals surface area contributed by atoms with Crippen LogP contribution in [0.4, 0.5) is 10.1 Å². The first-order valence-electron chi connectivity index (χ1n) is 7.74. The highest BCUT2D eigenvalue weighted by molar-refractivity contribution is 5.52. The van der Waals surface area contributed by atoms with Crippen molar-refractivity contribution >= 4 is 5.69 Å². The lowest BCUT2D eigenvalue weighted by Crippen LogP contribution is -2.56. The molecule has 2 fully saturated rings. The zero-order chi connectivity index (χ0) is 14.9. The fraction of sp³-hybridized carbons (Fsp3) is 0.625. The molecule has 2 unspecified atom stereocenters. The number of nitrogens with zero attached hydrogens (tertiary/aromatic N) is 1. The second kappa shape index (κ2) is 5.81. The zero-order valence-corrected chi connectivity index (χ0v) is 12.6. The number of nitrogens with one attached hydrogen (secondary N) is 1. The molecule has 2 saturated heterocycles. The molecule has 0 spiro atoms. The Morgan fingerprint density at radius 1 is 1.43 bits per heavy atom. The lowest BCUT2D eigenvalue weighted by Gasteiger charge is -2.41. The Kier molecular flexibility index (Phi) is 4.04. The Hall–Kier alpha value is -1.33. The number of halogens is 1. The van der Waals surface area contributed by atoms with Crippen molar-refractivity contribution < 1.29 is 9.13 Å². The zero-order valence-electron chi connectivity index (χ0n) is 12.6. The van der Waals surface area contributed by atoms with Gasteiger partial charge in [0.15, 0.2) is 0 Å². The first-order valence-corrected chi connectivity index (χ1v) is 7.74. The number of fused-ring (bicyclic) bond motifs is 1. The molecule has 5 heteroatoms. The molecule has 3 N–H and O–H groups in total. The number of methoxy groups -OCH3 is 1. The fourth-order valence-corrected chi connectivity index (χ4v) is 3.82. The van der Waals surface area contributed by atoms with E-state index in [4.69, 9.17) is 10.5 Å².